The second-order valence-corrected chi connectivity index (χ2v) is 8.86. The predicted molar refractivity (Wildman–Crippen MR) is 123 cm³/mol. The number of aromatic nitrogens is 2. The van der Waals surface area contributed by atoms with Gasteiger partial charge in [-0.15, -0.1) is 0 Å². The minimum atomic E-state index is -0.233. The highest BCUT2D eigenvalue weighted by Gasteiger charge is 2.24. The largest absolute Gasteiger partial charge is 0.294 e. The zero-order valence-corrected chi connectivity index (χ0v) is 18.5. The maximum atomic E-state index is 13.6. The maximum absolute atomic E-state index is 13.6. The van der Waals surface area contributed by atoms with Crippen molar-refractivity contribution in [2.45, 2.75) is 26.1 Å². The highest BCUT2D eigenvalue weighted by Crippen LogP contribution is 2.26. The van der Waals surface area contributed by atoms with Crippen LogP contribution in [0.15, 0.2) is 76.1 Å². The highest BCUT2D eigenvalue weighted by molar-refractivity contribution is 9.10. The lowest BCUT2D eigenvalue weighted by molar-refractivity contribution is 0.244. The summed E-state index contributed by atoms with van der Waals surface area (Å²) in [6.07, 6.45) is 2.52. The molecule has 0 spiro atoms. The molecule has 2 aromatic carbocycles. The van der Waals surface area contributed by atoms with Crippen molar-refractivity contribution < 1.29 is 4.39 Å². The number of benzene rings is 2. The van der Waals surface area contributed by atoms with Crippen LogP contribution in [0.5, 0.6) is 0 Å². The van der Waals surface area contributed by atoms with E-state index in [0.717, 1.165) is 50.7 Å². The van der Waals surface area contributed by atoms with Gasteiger partial charge in [0.2, 0.25) is 0 Å². The van der Waals surface area contributed by atoms with Gasteiger partial charge < -0.3 is 0 Å². The lowest BCUT2D eigenvalue weighted by atomic mass is 9.97. The van der Waals surface area contributed by atoms with E-state index in [1.54, 1.807) is 22.9 Å². The van der Waals surface area contributed by atoms with Crippen LogP contribution in [-0.4, -0.2) is 21.0 Å². The van der Waals surface area contributed by atoms with E-state index in [4.69, 9.17) is 0 Å². The Bertz CT molecular complexity index is 1320. The zero-order chi connectivity index (χ0) is 21.4. The van der Waals surface area contributed by atoms with Gasteiger partial charge in [0.05, 0.1) is 6.54 Å². The van der Waals surface area contributed by atoms with E-state index in [0.29, 0.717) is 19.6 Å². The average Bonchev–Trinajstić information content (AvgIpc) is 2.78. The van der Waals surface area contributed by atoms with E-state index in [1.807, 2.05) is 36.4 Å². The monoisotopic (exact) mass is 477 g/mol. The first-order valence-electron chi connectivity index (χ1n) is 10.3. The van der Waals surface area contributed by atoms with Crippen LogP contribution in [0.4, 0.5) is 4.39 Å². The summed E-state index contributed by atoms with van der Waals surface area (Å²) in [4.78, 5) is 20.3. The van der Waals surface area contributed by atoms with Crippen LogP contribution in [0.1, 0.15) is 22.3 Å². The molecule has 1 aliphatic rings. The number of hydrogen-bond acceptors (Lipinski definition) is 3. The van der Waals surface area contributed by atoms with Crippen molar-refractivity contribution in [1.29, 1.82) is 0 Å². The van der Waals surface area contributed by atoms with Crippen LogP contribution in [0.25, 0.3) is 11.0 Å². The van der Waals surface area contributed by atoms with Crippen LogP contribution < -0.4 is 5.56 Å². The summed E-state index contributed by atoms with van der Waals surface area (Å²) >= 11 is 3.46. The van der Waals surface area contributed by atoms with Gasteiger partial charge in [0.25, 0.3) is 5.56 Å². The Hall–Kier alpha value is -2.83. The molecule has 0 fully saturated rings. The van der Waals surface area contributed by atoms with Gasteiger partial charge in [-0.3, -0.25) is 14.3 Å². The third kappa shape index (κ3) is 4.05. The molecule has 0 saturated carbocycles. The summed E-state index contributed by atoms with van der Waals surface area (Å²) in [6.45, 7) is 2.46. The third-order valence-corrected chi connectivity index (χ3v) is 6.37. The van der Waals surface area contributed by atoms with Crippen molar-refractivity contribution in [3.63, 3.8) is 0 Å². The summed E-state index contributed by atoms with van der Waals surface area (Å²) in [5.41, 5.74) is 4.61. The van der Waals surface area contributed by atoms with Crippen molar-refractivity contribution in [1.82, 2.24) is 14.5 Å². The average molecular weight is 478 g/mol. The normalized spacial score (nSPS) is 14.0. The first-order chi connectivity index (χ1) is 15.1. The predicted octanol–water partition coefficient (Wildman–Crippen LogP) is 4.90. The van der Waals surface area contributed by atoms with E-state index in [9.17, 15) is 9.18 Å². The van der Waals surface area contributed by atoms with E-state index in [-0.39, 0.29) is 11.4 Å². The first kappa shape index (κ1) is 20.1. The van der Waals surface area contributed by atoms with Gasteiger partial charge in [0.15, 0.2) is 0 Å². The first-order valence-corrected chi connectivity index (χ1v) is 11.1. The molecule has 0 atom stereocenters. The van der Waals surface area contributed by atoms with Gasteiger partial charge in [0, 0.05) is 41.3 Å². The van der Waals surface area contributed by atoms with Crippen molar-refractivity contribution in [3.8, 4) is 0 Å². The fourth-order valence-electron chi connectivity index (χ4n) is 4.37. The molecular formula is C25H21BrFN3O. The molecule has 0 N–H and O–H groups in total. The summed E-state index contributed by atoms with van der Waals surface area (Å²) < 4.78 is 16.4. The van der Waals surface area contributed by atoms with Gasteiger partial charge in [-0.1, -0.05) is 40.2 Å². The Balaban J connectivity index is 1.54. The van der Waals surface area contributed by atoms with E-state index >= 15 is 0 Å². The molecule has 4 nitrogen and oxygen atoms in total. The lowest BCUT2D eigenvalue weighted by Gasteiger charge is -2.30. The number of pyridine rings is 2. The van der Waals surface area contributed by atoms with E-state index in [2.05, 4.69) is 31.9 Å². The van der Waals surface area contributed by atoms with Crippen LogP contribution in [0.2, 0.25) is 0 Å². The number of halogens is 2. The van der Waals surface area contributed by atoms with Crippen LogP contribution in [-0.2, 0) is 26.1 Å². The second-order valence-electron chi connectivity index (χ2n) is 7.94. The van der Waals surface area contributed by atoms with Crippen molar-refractivity contribution in [2.75, 3.05) is 6.54 Å². The molecular weight excluding hydrogens is 457 g/mol. The van der Waals surface area contributed by atoms with Gasteiger partial charge >= 0.3 is 0 Å². The molecule has 2 aromatic heterocycles. The van der Waals surface area contributed by atoms with E-state index < -0.39 is 0 Å². The maximum Gasteiger partial charge on any atom is 0.257 e. The standard InChI is InChI=1S/C25H21BrFN3O/c26-19-8-6-17(7-9-19)15-30-24-22(5-2-11-28-24)21-10-12-29(16-23(21)25(30)31)14-18-3-1-4-20(27)13-18/h1-9,11,13H,10,12,14-16H2. The number of hydrogen-bond donors (Lipinski definition) is 0. The van der Waals surface area contributed by atoms with Gasteiger partial charge in [0.1, 0.15) is 11.5 Å². The van der Waals surface area contributed by atoms with Crippen LogP contribution >= 0.6 is 15.9 Å². The lowest BCUT2D eigenvalue weighted by Crippen LogP contribution is -2.37. The molecule has 1 aliphatic heterocycles. The summed E-state index contributed by atoms with van der Waals surface area (Å²) in [6, 6.07) is 18.6. The number of fused-ring (bicyclic) bond motifs is 3. The van der Waals surface area contributed by atoms with Gasteiger partial charge in [-0.2, -0.15) is 0 Å². The Morgan fingerprint density at radius 1 is 0.968 bits per heavy atom. The molecule has 0 bridgehead atoms. The molecule has 0 aliphatic carbocycles. The molecule has 5 rings (SSSR count). The molecule has 156 valence electrons. The fraction of sp³-hybridized carbons (Fsp3) is 0.200. The molecule has 0 saturated heterocycles. The SMILES string of the molecule is O=c1c2c(c3cccnc3n1Cc1ccc(Br)cc1)CCN(Cc1cccc(F)c1)C2. The summed E-state index contributed by atoms with van der Waals surface area (Å²) in [5.74, 6) is -0.233. The minimum absolute atomic E-state index is 0.00746. The number of nitrogens with zero attached hydrogens (tertiary/aromatic N) is 3. The molecule has 0 amide bonds. The Morgan fingerprint density at radius 2 is 1.81 bits per heavy atom. The Morgan fingerprint density at radius 3 is 2.61 bits per heavy atom. The van der Waals surface area contributed by atoms with Crippen molar-refractivity contribution in [3.05, 3.63) is 110 Å². The topological polar surface area (TPSA) is 38.1 Å². The zero-order valence-electron chi connectivity index (χ0n) is 16.9. The van der Waals surface area contributed by atoms with Crippen molar-refractivity contribution >= 4 is 27.0 Å². The molecule has 0 unspecified atom stereocenters. The second kappa shape index (κ2) is 8.36. The van der Waals surface area contributed by atoms with Gasteiger partial charge in [-0.05, 0) is 59.5 Å². The van der Waals surface area contributed by atoms with Crippen molar-refractivity contribution in [2.24, 2.45) is 0 Å². The smallest absolute Gasteiger partial charge is 0.257 e. The van der Waals surface area contributed by atoms with E-state index in [1.165, 1.54) is 6.07 Å². The minimum Gasteiger partial charge on any atom is -0.294 e. The summed E-state index contributed by atoms with van der Waals surface area (Å²) in [5, 5.41) is 1.04. The number of rotatable bonds is 4. The molecule has 31 heavy (non-hydrogen) atoms. The Kier molecular flexibility index (Phi) is 5.42. The third-order valence-electron chi connectivity index (χ3n) is 5.84. The van der Waals surface area contributed by atoms with Gasteiger partial charge in [-0.25, -0.2) is 9.37 Å². The molecule has 4 aromatic rings. The molecule has 0 radical (unpaired) electrons. The quantitative estimate of drug-likeness (QED) is 0.419. The molecule has 3 heterocycles. The van der Waals surface area contributed by atoms with Crippen LogP contribution in [0.3, 0.4) is 0 Å². The summed E-state index contributed by atoms with van der Waals surface area (Å²) in [7, 11) is 0. The van der Waals surface area contributed by atoms with Crippen LogP contribution in [0, 0.1) is 5.82 Å². The Labute approximate surface area is 188 Å². The highest BCUT2D eigenvalue weighted by atomic mass is 79.9. The fourth-order valence-corrected chi connectivity index (χ4v) is 4.63. The molecule has 6 heteroatoms.